The van der Waals surface area contributed by atoms with Crippen LogP contribution in [0.15, 0.2) is 0 Å². The predicted molar refractivity (Wildman–Crippen MR) is 74.1 cm³/mol. The van der Waals surface area contributed by atoms with Crippen LogP contribution >= 0.6 is 34.8 Å². The molecule has 0 amide bonds. The summed E-state index contributed by atoms with van der Waals surface area (Å²) in [6, 6.07) is 0. The third-order valence-electron chi connectivity index (χ3n) is 2.66. The van der Waals surface area contributed by atoms with E-state index in [9.17, 15) is 0 Å². The second kappa shape index (κ2) is 8.12. The van der Waals surface area contributed by atoms with Gasteiger partial charge in [-0.1, -0.05) is 62.2 Å². The van der Waals surface area contributed by atoms with Gasteiger partial charge in [-0.2, -0.15) is 0 Å². The van der Waals surface area contributed by atoms with Gasteiger partial charge in [-0.3, -0.25) is 0 Å². The fourth-order valence-corrected chi connectivity index (χ4v) is 2.53. The zero-order chi connectivity index (χ0) is 12.7. The molecule has 0 spiro atoms. The molecule has 17 heavy (non-hydrogen) atoms. The van der Waals surface area contributed by atoms with Gasteiger partial charge in [0.05, 0.1) is 0 Å². The Kier molecular flexibility index (Phi) is 7.17. The summed E-state index contributed by atoms with van der Waals surface area (Å²) in [7, 11) is 0. The van der Waals surface area contributed by atoms with E-state index in [0.717, 1.165) is 18.4 Å². The van der Waals surface area contributed by atoms with Gasteiger partial charge in [0.25, 0.3) is 0 Å². The first-order valence-electron chi connectivity index (χ1n) is 6.02. The first-order chi connectivity index (χ1) is 8.15. The standard InChI is InChI=1S/C12H17Cl3N2/c1-2-3-4-5-6-7-8-9-10(13)16-12(15)17-11(9)14/h2-8H2,1H3. The lowest BCUT2D eigenvalue weighted by Crippen LogP contribution is -1.95. The van der Waals surface area contributed by atoms with Crippen LogP contribution in [0.3, 0.4) is 0 Å². The highest BCUT2D eigenvalue weighted by Gasteiger charge is 2.10. The minimum absolute atomic E-state index is 0.103. The van der Waals surface area contributed by atoms with Crippen LogP contribution in [0.5, 0.6) is 0 Å². The maximum absolute atomic E-state index is 5.98. The topological polar surface area (TPSA) is 25.8 Å². The van der Waals surface area contributed by atoms with Gasteiger partial charge >= 0.3 is 0 Å². The molecule has 1 heterocycles. The molecular formula is C12H17Cl3N2. The predicted octanol–water partition coefficient (Wildman–Crippen LogP) is 5.34. The monoisotopic (exact) mass is 294 g/mol. The van der Waals surface area contributed by atoms with Gasteiger partial charge in [-0.25, -0.2) is 9.97 Å². The molecule has 0 aromatic carbocycles. The first-order valence-corrected chi connectivity index (χ1v) is 7.16. The molecule has 0 fully saturated rings. The molecule has 5 heteroatoms. The smallest absolute Gasteiger partial charge is 0.206 e. The Morgan fingerprint density at radius 3 is 1.94 bits per heavy atom. The maximum atomic E-state index is 5.98. The molecule has 0 aliphatic carbocycles. The molecule has 96 valence electrons. The Balaban J connectivity index is 2.36. The second-order valence-electron chi connectivity index (χ2n) is 4.07. The molecule has 1 aromatic heterocycles. The Hall–Kier alpha value is -0.0500. The summed E-state index contributed by atoms with van der Waals surface area (Å²) >= 11 is 17.6. The van der Waals surface area contributed by atoms with E-state index < -0.39 is 0 Å². The van der Waals surface area contributed by atoms with Crippen LogP contribution in [-0.2, 0) is 6.42 Å². The molecule has 0 atom stereocenters. The average molecular weight is 296 g/mol. The van der Waals surface area contributed by atoms with Crippen molar-refractivity contribution in [3.05, 3.63) is 21.2 Å². The third kappa shape index (κ3) is 5.41. The highest BCUT2D eigenvalue weighted by molar-refractivity contribution is 6.36. The van der Waals surface area contributed by atoms with Crippen molar-refractivity contribution in [1.29, 1.82) is 0 Å². The van der Waals surface area contributed by atoms with Crippen molar-refractivity contribution in [1.82, 2.24) is 9.97 Å². The Morgan fingerprint density at radius 1 is 0.824 bits per heavy atom. The summed E-state index contributed by atoms with van der Waals surface area (Å²) in [5.74, 6) is 0. The van der Waals surface area contributed by atoms with E-state index in [2.05, 4.69) is 16.9 Å². The zero-order valence-electron chi connectivity index (χ0n) is 9.98. The molecule has 0 aliphatic rings. The van der Waals surface area contributed by atoms with Crippen molar-refractivity contribution in [3.63, 3.8) is 0 Å². The minimum Gasteiger partial charge on any atom is -0.206 e. The molecule has 1 aromatic rings. The fourth-order valence-electron chi connectivity index (χ4n) is 1.70. The van der Waals surface area contributed by atoms with Gasteiger partial charge in [0.15, 0.2) is 0 Å². The van der Waals surface area contributed by atoms with Gasteiger partial charge < -0.3 is 0 Å². The number of unbranched alkanes of at least 4 members (excludes halogenated alkanes) is 5. The van der Waals surface area contributed by atoms with Crippen LogP contribution in [0.25, 0.3) is 0 Å². The van der Waals surface area contributed by atoms with Crippen LogP contribution in [0.2, 0.25) is 15.6 Å². The SMILES string of the molecule is CCCCCCCCc1c(Cl)nc(Cl)nc1Cl. The lowest BCUT2D eigenvalue weighted by atomic mass is 10.1. The largest absolute Gasteiger partial charge is 0.225 e. The Morgan fingerprint density at radius 2 is 1.35 bits per heavy atom. The van der Waals surface area contributed by atoms with E-state index in [1.54, 1.807) is 0 Å². The van der Waals surface area contributed by atoms with E-state index in [4.69, 9.17) is 34.8 Å². The van der Waals surface area contributed by atoms with E-state index in [-0.39, 0.29) is 5.28 Å². The quantitative estimate of drug-likeness (QED) is 0.385. The number of hydrogen-bond acceptors (Lipinski definition) is 2. The minimum atomic E-state index is 0.103. The number of aromatic nitrogens is 2. The van der Waals surface area contributed by atoms with E-state index in [1.165, 1.54) is 32.1 Å². The molecule has 0 saturated heterocycles. The van der Waals surface area contributed by atoms with Crippen molar-refractivity contribution in [2.75, 3.05) is 0 Å². The number of halogens is 3. The number of rotatable bonds is 7. The molecule has 0 aliphatic heterocycles. The molecule has 1 rings (SSSR count). The van der Waals surface area contributed by atoms with Gasteiger partial charge in [0.2, 0.25) is 5.28 Å². The molecule has 0 radical (unpaired) electrons. The van der Waals surface area contributed by atoms with Crippen LogP contribution in [0.4, 0.5) is 0 Å². The Bertz CT molecular complexity index is 333. The number of nitrogens with zero attached hydrogens (tertiary/aromatic N) is 2. The van der Waals surface area contributed by atoms with Gasteiger partial charge in [-0.15, -0.1) is 0 Å². The molecule has 0 bridgehead atoms. The van der Waals surface area contributed by atoms with Crippen molar-refractivity contribution in [2.45, 2.75) is 51.9 Å². The van der Waals surface area contributed by atoms with Gasteiger partial charge in [-0.05, 0) is 24.4 Å². The van der Waals surface area contributed by atoms with Crippen LogP contribution in [0, 0.1) is 0 Å². The van der Waals surface area contributed by atoms with E-state index in [0.29, 0.717) is 10.3 Å². The molecule has 2 nitrogen and oxygen atoms in total. The van der Waals surface area contributed by atoms with E-state index in [1.807, 2.05) is 0 Å². The van der Waals surface area contributed by atoms with Gasteiger partial charge in [0, 0.05) is 5.56 Å². The van der Waals surface area contributed by atoms with Crippen LogP contribution < -0.4 is 0 Å². The van der Waals surface area contributed by atoms with Crippen molar-refractivity contribution >= 4 is 34.8 Å². The van der Waals surface area contributed by atoms with Crippen LogP contribution in [-0.4, -0.2) is 9.97 Å². The van der Waals surface area contributed by atoms with Crippen molar-refractivity contribution in [3.8, 4) is 0 Å². The summed E-state index contributed by atoms with van der Waals surface area (Å²) in [5, 5.41) is 0.860. The van der Waals surface area contributed by atoms with E-state index >= 15 is 0 Å². The van der Waals surface area contributed by atoms with Crippen molar-refractivity contribution in [2.24, 2.45) is 0 Å². The summed E-state index contributed by atoms with van der Waals surface area (Å²) in [5.41, 5.74) is 0.813. The lowest BCUT2D eigenvalue weighted by Gasteiger charge is -2.05. The van der Waals surface area contributed by atoms with Crippen molar-refractivity contribution < 1.29 is 0 Å². The maximum Gasteiger partial charge on any atom is 0.225 e. The summed E-state index contributed by atoms with van der Waals surface area (Å²) in [6.07, 6.45) is 8.21. The Labute approximate surface area is 118 Å². The lowest BCUT2D eigenvalue weighted by molar-refractivity contribution is 0.607. The molecule has 0 unspecified atom stereocenters. The summed E-state index contributed by atoms with van der Waals surface area (Å²) in [6.45, 7) is 2.21. The normalized spacial score (nSPS) is 10.8. The highest BCUT2D eigenvalue weighted by Crippen LogP contribution is 2.24. The van der Waals surface area contributed by atoms with Gasteiger partial charge in [0.1, 0.15) is 10.3 Å². The molecular weight excluding hydrogens is 279 g/mol. The highest BCUT2D eigenvalue weighted by atomic mass is 35.5. The first kappa shape index (κ1) is 15.0. The van der Waals surface area contributed by atoms with Crippen LogP contribution in [0.1, 0.15) is 51.0 Å². The average Bonchev–Trinajstić information content (AvgIpc) is 2.26. The third-order valence-corrected chi connectivity index (χ3v) is 3.45. The molecule has 0 N–H and O–H groups in total. The fraction of sp³-hybridized carbons (Fsp3) is 0.667. The second-order valence-corrected chi connectivity index (χ2v) is 5.12. The summed E-state index contributed by atoms with van der Waals surface area (Å²) in [4.78, 5) is 7.80. The molecule has 0 saturated carbocycles. The summed E-state index contributed by atoms with van der Waals surface area (Å²) < 4.78 is 0. The number of hydrogen-bond donors (Lipinski definition) is 0. The zero-order valence-corrected chi connectivity index (χ0v) is 12.2.